The molecule has 2 unspecified atom stereocenters. The zero-order valence-electron chi connectivity index (χ0n) is 12.9. The highest BCUT2D eigenvalue weighted by Gasteiger charge is 2.16. The Labute approximate surface area is 109 Å². The van der Waals surface area contributed by atoms with Crippen molar-refractivity contribution in [2.75, 3.05) is 19.6 Å². The maximum atomic E-state index is 3.52. The Kier molecular flexibility index (Phi) is 9.85. The van der Waals surface area contributed by atoms with Gasteiger partial charge in [0, 0.05) is 12.1 Å². The number of hydrogen-bond donors (Lipinski definition) is 1. The molecule has 2 nitrogen and oxygen atoms in total. The number of hydrogen-bond acceptors (Lipinski definition) is 2. The van der Waals surface area contributed by atoms with E-state index in [1.807, 2.05) is 0 Å². The van der Waals surface area contributed by atoms with Crippen LogP contribution in [-0.2, 0) is 0 Å². The van der Waals surface area contributed by atoms with Gasteiger partial charge in [0.15, 0.2) is 0 Å². The lowest BCUT2D eigenvalue weighted by Crippen LogP contribution is -2.40. The molecule has 0 saturated carbocycles. The molecule has 0 aliphatic heterocycles. The van der Waals surface area contributed by atoms with Gasteiger partial charge < -0.3 is 5.32 Å². The van der Waals surface area contributed by atoms with Crippen LogP contribution in [0.15, 0.2) is 0 Å². The normalized spacial score (nSPS) is 15.5. The van der Waals surface area contributed by atoms with Gasteiger partial charge in [0.2, 0.25) is 0 Å². The Morgan fingerprint density at radius 2 is 1.65 bits per heavy atom. The smallest absolute Gasteiger partial charge is 0.00701 e. The van der Waals surface area contributed by atoms with Crippen molar-refractivity contribution < 1.29 is 0 Å². The molecule has 0 heterocycles. The molecule has 17 heavy (non-hydrogen) atoms. The van der Waals surface area contributed by atoms with Gasteiger partial charge in [-0.3, -0.25) is 4.90 Å². The van der Waals surface area contributed by atoms with Crippen LogP contribution in [0.2, 0.25) is 0 Å². The lowest BCUT2D eigenvalue weighted by Gasteiger charge is -2.33. The summed E-state index contributed by atoms with van der Waals surface area (Å²) in [6, 6.07) is 1.44. The fourth-order valence-corrected chi connectivity index (χ4v) is 2.37. The van der Waals surface area contributed by atoms with Gasteiger partial charge in [-0.2, -0.15) is 0 Å². The first kappa shape index (κ1) is 16.9. The third kappa shape index (κ3) is 7.77. The average Bonchev–Trinajstić information content (AvgIpc) is 2.28. The first-order valence-corrected chi connectivity index (χ1v) is 7.49. The van der Waals surface area contributed by atoms with Crippen LogP contribution in [0.4, 0.5) is 0 Å². The minimum Gasteiger partial charge on any atom is -0.316 e. The van der Waals surface area contributed by atoms with E-state index in [0.29, 0.717) is 0 Å². The molecule has 2 heteroatoms. The van der Waals surface area contributed by atoms with Gasteiger partial charge in [-0.1, -0.05) is 27.7 Å². The van der Waals surface area contributed by atoms with E-state index in [2.05, 4.69) is 51.8 Å². The highest BCUT2D eigenvalue weighted by Crippen LogP contribution is 2.12. The summed E-state index contributed by atoms with van der Waals surface area (Å²) in [6.45, 7) is 17.3. The summed E-state index contributed by atoms with van der Waals surface area (Å²) < 4.78 is 0. The van der Waals surface area contributed by atoms with E-state index in [4.69, 9.17) is 0 Å². The minimum atomic E-state index is 0.718. The van der Waals surface area contributed by atoms with Gasteiger partial charge in [0.05, 0.1) is 0 Å². The molecule has 2 atom stereocenters. The molecule has 104 valence electrons. The molecule has 0 bridgehead atoms. The molecule has 1 N–H and O–H groups in total. The minimum absolute atomic E-state index is 0.718. The molecule has 0 spiro atoms. The number of rotatable bonds is 10. The standard InChI is InChI=1S/C15H34N2/c1-7-14(5)17(8-2)15(6)10-9-11-16-12-13(3)4/h13-16H,7-12H2,1-6H3. The summed E-state index contributed by atoms with van der Waals surface area (Å²) in [6.07, 6.45) is 3.86. The van der Waals surface area contributed by atoms with Crippen LogP contribution in [0.5, 0.6) is 0 Å². The fourth-order valence-electron chi connectivity index (χ4n) is 2.37. The highest BCUT2D eigenvalue weighted by atomic mass is 15.2. The van der Waals surface area contributed by atoms with Crippen LogP contribution in [-0.4, -0.2) is 36.6 Å². The molecule has 0 aromatic carbocycles. The summed E-state index contributed by atoms with van der Waals surface area (Å²) >= 11 is 0. The van der Waals surface area contributed by atoms with Gasteiger partial charge in [0.25, 0.3) is 0 Å². The van der Waals surface area contributed by atoms with Crippen molar-refractivity contribution in [3.05, 3.63) is 0 Å². The zero-order chi connectivity index (χ0) is 13.3. The first-order chi connectivity index (χ1) is 8.02. The summed E-state index contributed by atoms with van der Waals surface area (Å²) in [4.78, 5) is 2.63. The molecule has 0 aromatic rings. The van der Waals surface area contributed by atoms with E-state index < -0.39 is 0 Å². The summed E-state index contributed by atoms with van der Waals surface area (Å²) in [7, 11) is 0. The van der Waals surface area contributed by atoms with Crippen molar-refractivity contribution in [1.29, 1.82) is 0 Å². The van der Waals surface area contributed by atoms with E-state index in [1.54, 1.807) is 0 Å². The Morgan fingerprint density at radius 3 is 2.12 bits per heavy atom. The molecule has 0 radical (unpaired) electrons. The van der Waals surface area contributed by atoms with E-state index in [1.165, 1.54) is 32.4 Å². The van der Waals surface area contributed by atoms with E-state index in [9.17, 15) is 0 Å². The fraction of sp³-hybridized carbons (Fsp3) is 1.00. The van der Waals surface area contributed by atoms with Crippen molar-refractivity contribution in [2.45, 2.75) is 72.9 Å². The predicted octanol–water partition coefficient (Wildman–Crippen LogP) is 3.52. The first-order valence-electron chi connectivity index (χ1n) is 7.49. The molecule has 0 aliphatic carbocycles. The van der Waals surface area contributed by atoms with Crippen LogP contribution in [0, 0.1) is 5.92 Å². The van der Waals surface area contributed by atoms with Crippen LogP contribution in [0.25, 0.3) is 0 Å². The third-order valence-electron chi connectivity index (χ3n) is 3.62. The highest BCUT2D eigenvalue weighted by molar-refractivity contribution is 4.72. The molecule has 0 saturated heterocycles. The van der Waals surface area contributed by atoms with Crippen LogP contribution in [0.1, 0.15) is 60.8 Å². The van der Waals surface area contributed by atoms with E-state index in [0.717, 1.165) is 24.5 Å². The molecule has 0 aromatic heterocycles. The third-order valence-corrected chi connectivity index (χ3v) is 3.62. The summed E-state index contributed by atoms with van der Waals surface area (Å²) in [5.74, 6) is 0.764. The molecular weight excluding hydrogens is 208 g/mol. The lowest BCUT2D eigenvalue weighted by atomic mass is 10.1. The van der Waals surface area contributed by atoms with Gasteiger partial charge in [-0.15, -0.1) is 0 Å². The quantitative estimate of drug-likeness (QED) is 0.590. The topological polar surface area (TPSA) is 15.3 Å². The Morgan fingerprint density at radius 1 is 1.00 bits per heavy atom. The number of nitrogens with one attached hydrogen (secondary N) is 1. The Hall–Kier alpha value is -0.0800. The maximum Gasteiger partial charge on any atom is 0.00701 e. The van der Waals surface area contributed by atoms with Gasteiger partial charge in [-0.25, -0.2) is 0 Å². The van der Waals surface area contributed by atoms with Crippen LogP contribution in [0.3, 0.4) is 0 Å². The molecular formula is C15H34N2. The van der Waals surface area contributed by atoms with Crippen LogP contribution < -0.4 is 5.32 Å². The van der Waals surface area contributed by atoms with Crippen molar-refractivity contribution in [1.82, 2.24) is 10.2 Å². The summed E-state index contributed by atoms with van der Waals surface area (Å²) in [5, 5.41) is 3.52. The van der Waals surface area contributed by atoms with Crippen molar-refractivity contribution in [2.24, 2.45) is 5.92 Å². The molecule has 0 fully saturated rings. The number of nitrogens with zero attached hydrogens (tertiary/aromatic N) is 1. The average molecular weight is 242 g/mol. The van der Waals surface area contributed by atoms with E-state index >= 15 is 0 Å². The largest absolute Gasteiger partial charge is 0.316 e. The van der Waals surface area contributed by atoms with Gasteiger partial charge in [-0.05, 0) is 58.7 Å². The predicted molar refractivity (Wildman–Crippen MR) is 78.5 cm³/mol. The van der Waals surface area contributed by atoms with Crippen molar-refractivity contribution >= 4 is 0 Å². The second-order valence-corrected chi connectivity index (χ2v) is 5.68. The van der Waals surface area contributed by atoms with Gasteiger partial charge >= 0.3 is 0 Å². The molecule has 0 amide bonds. The van der Waals surface area contributed by atoms with Gasteiger partial charge in [0.1, 0.15) is 0 Å². The lowest BCUT2D eigenvalue weighted by molar-refractivity contribution is 0.149. The second kappa shape index (κ2) is 9.90. The maximum absolute atomic E-state index is 3.52. The van der Waals surface area contributed by atoms with Crippen LogP contribution >= 0.6 is 0 Å². The van der Waals surface area contributed by atoms with E-state index in [-0.39, 0.29) is 0 Å². The zero-order valence-corrected chi connectivity index (χ0v) is 12.9. The monoisotopic (exact) mass is 242 g/mol. The second-order valence-electron chi connectivity index (χ2n) is 5.68. The molecule has 0 aliphatic rings. The van der Waals surface area contributed by atoms with Crippen molar-refractivity contribution in [3.8, 4) is 0 Å². The molecule has 0 rings (SSSR count). The Bertz CT molecular complexity index is 168. The van der Waals surface area contributed by atoms with Crippen molar-refractivity contribution in [3.63, 3.8) is 0 Å². The summed E-state index contributed by atoms with van der Waals surface area (Å²) in [5.41, 5.74) is 0. The SMILES string of the molecule is CCC(C)N(CC)C(C)CCCNCC(C)C. The Balaban J connectivity index is 3.71.